The summed E-state index contributed by atoms with van der Waals surface area (Å²) in [6.07, 6.45) is 2.07. The molecule has 0 aromatic heterocycles. The number of hydrogen-bond donors (Lipinski definition) is 1. The molecule has 0 saturated carbocycles. The first-order chi connectivity index (χ1) is 12.2. The highest BCUT2D eigenvalue weighted by Gasteiger charge is 2.16. The molecule has 0 unspecified atom stereocenters. The Kier molecular flexibility index (Phi) is 8.10. The van der Waals surface area contributed by atoms with Crippen LogP contribution in [0.15, 0.2) is 59.8 Å². The first-order valence-electron chi connectivity index (χ1n) is 8.99. The van der Waals surface area contributed by atoms with E-state index in [-0.39, 0.29) is 13.8 Å². The molecule has 2 aromatic carbocycles. The number of oxime groups is 1. The molecule has 1 aliphatic rings. The van der Waals surface area contributed by atoms with Crippen molar-refractivity contribution in [1.82, 2.24) is 9.80 Å². The second kappa shape index (κ2) is 10.3. The van der Waals surface area contributed by atoms with Gasteiger partial charge in [-0.25, -0.2) is 0 Å². The van der Waals surface area contributed by atoms with Gasteiger partial charge >= 0.3 is 1.43 Å². The van der Waals surface area contributed by atoms with Gasteiger partial charge in [-0.15, -0.1) is 0 Å². The van der Waals surface area contributed by atoms with Crippen LogP contribution in [0.25, 0.3) is 0 Å². The van der Waals surface area contributed by atoms with E-state index < -0.39 is 0 Å². The van der Waals surface area contributed by atoms with Crippen molar-refractivity contribution >= 4 is 5.71 Å². The quantitative estimate of drug-likeness (QED) is 0.440. The Labute approximate surface area is 164 Å². The Morgan fingerprint density at radius 1 is 0.923 bits per heavy atom. The van der Waals surface area contributed by atoms with Crippen LogP contribution in [-0.4, -0.2) is 60.5 Å². The lowest BCUT2D eigenvalue weighted by Gasteiger charge is -2.32. The zero-order valence-corrected chi connectivity index (χ0v) is 16.1. The Bertz CT molecular complexity index is 686. The smallest absolute Gasteiger partial charge is 1.00 e. The first kappa shape index (κ1) is 20.4. The minimum absolute atomic E-state index is 0. The maximum absolute atomic E-state index is 9.43. The normalized spacial score (nSPS) is 16.3. The molecule has 0 aliphatic carbocycles. The lowest BCUT2D eigenvalue weighted by Crippen LogP contribution is -3.00. The SMILES string of the molecule is CN1CCN(C/C(=N\O)c2ccc(CCc3ccccc3)cc2)CC1.[Cl-].[H+]. The highest BCUT2D eigenvalue weighted by molar-refractivity contribution is 6.01. The van der Waals surface area contributed by atoms with Crippen LogP contribution in [0.2, 0.25) is 0 Å². The topological polar surface area (TPSA) is 39.1 Å². The van der Waals surface area contributed by atoms with Gasteiger partial charge in [-0.1, -0.05) is 59.8 Å². The molecule has 0 radical (unpaired) electrons. The van der Waals surface area contributed by atoms with Crippen molar-refractivity contribution in [3.05, 3.63) is 71.3 Å². The van der Waals surface area contributed by atoms with E-state index in [9.17, 15) is 5.21 Å². The zero-order chi connectivity index (χ0) is 17.5. The summed E-state index contributed by atoms with van der Waals surface area (Å²) in [6.45, 7) is 4.87. The highest BCUT2D eigenvalue weighted by atomic mass is 35.5. The molecule has 0 atom stereocenters. The predicted octanol–water partition coefficient (Wildman–Crippen LogP) is 0.0140. The van der Waals surface area contributed by atoms with Crippen LogP contribution in [0.1, 0.15) is 18.1 Å². The van der Waals surface area contributed by atoms with Gasteiger partial charge in [0, 0.05) is 38.3 Å². The fourth-order valence-electron chi connectivity index (χ4n) is 3.20. The summed E-state index contributed by atoms with van der Waals surface area (Å²) in [6, 6.07) is 19.0. The van der Waals surface area contributed by atoms with Crippen molar-refractivity contribution < 1.29 is 19.0 Å². The van der Waals surface area contributed by atoms with E-state index in [0.29, 0.717) is 6.54 Å². The average Bonchev–Trinajstić information content (AvgIpc) is 2.67. The van der Waals surface area contributed by atoms with E-state index in [1.54, 1.807) is 0 Å². The lowest BCUT2D eigenvalue weighted by molar-refractivity contribution is -0.00000594. The third kappa shape index (κ3) is 5.84. The van der Waals surface area contributed by atoms with Crippen molar-refractivity contribution in [2.75, 3.05) is 39.8 Å². The largest absolute Gasteiger partial charge is 1.00 e. The maximum atomic E-state index is 9.43. The molecular weight excluding hydrogens is 346 g/mol. The van der Waals surface area contributed by atoms with Crippen LogP contribution in [0, 0.1) is 0 Å². The summed E-state index contributed by atoms with van der Waals surface area (Å²) in [7, 11) is 2.15. The number of aryl methyl sites for hydroxylation is 2. The van der Waals surface area contributed by atoms with Gasteiger partial charge in [-0.3, -0.25) is 4.90 Å². The molecule has 0 amide bonds. The molecule has 2 aromatic rings. The summed E-state index contributed by atoms with van der Waals surface area (Å²) < 4.78 is 0. The number of likely N-dealkylation sites (N-methyl/N-ethyl adjacent to an activating group) is 1. The van der Waals surface area contributed by atoms with Crippen LogP contribution in [0.4, 0.5) is 0 Å². The fraction of sp³-hybridized carbons (Fsp3) is 0.381. The Morgan fingerprint density at radius 3 is 2.08 bits per heavy atom. The monoisotopic (exact) mass is 373 g/mol. The van der Waals surface area contributed by atoms with E-state index in [1.807, 2.05) is 0 Å². The minimum Gasteiger partial charge on any atom is -1.00 e. The Hall–Kier alpha value is -1.88. The second-order valence-corrected chi connectivity index (χ2v) is 6.81. The van der Waals surface area contributed by atoms with Gasteiger partial charge in [0.25, 0.3) is 0 Å². The van der Waals surface area contributed by atoms with Gasteiger partial charge < -0.3 is 22.5 Å². The van der Waals surface area contributed by atoms with Crippen molar-refractivity contribution in [3.63, 3.8) is 0 Å². The van der Waals surface area contributed by atoms with Crippen molar-refractivity contribution in [1.29, 1.82) is 0 Å². The van der Waals surface area contributed by atoms with E-state index in [1.165, 1.54) is 11.1 Å². The molecule has 1 N–H and O–H groups in total. The van der Waals surface area contributed by atoms with Crippen LogP contribution >= 0.6 is 0 Å². The number of piperazine rings is 1. The Morgan fingerprint density at radius 2 is 1.50 bits per heavy atom. The van der Waals surface area contributed by atoms with Gasteiger partial charge in [-0.05, 0) is 31.0 Å². The molecule has 0 spiro atoms. The number of nitrogens with zero attached hydrogens (tertiary/aromatic N) is 3. The molecule has 1 fully saturated rings. The van der Waals surface area contributed by atoms with Crippen molar-refractivity contribution in [2.45, 2.75) is 12.8 Å². The molecule has 1 saturated heterocycles. The number of rotatable bonds is 6. The van der Waals surface area contributed by atoms with Gasteiger partial charge in [0.05, 0.1) is 0 Å². The molecule has 1 aliphatic heterocycles. The highest BCUT2D eigenvalue weighted by Crippen LogP contribution is 2.11. The summed E-state index contributed by atoms with van der Waals surface area (Å²) in [4.78, 5) is 4.67. The maximum Gasteiger partial charge on any atom is 1.00 e. The van der Waals surface area contributed by atoms with Crippen LogP contribution < -0.4 is 12.4 Å². The molecule has 3 rings (SSSR count). The van der Waals surface area contributed by atoms with Crippen molar-refractivity contribution in [3.8, 4) is 0 Å². The van der Waals surface area contributed by atoms with E-state index in [0.717, 1.165) is 50.3 Å². The van der Waals surface area contributed by atoms with E-state index in [4.69, 9.17) is 0 Å². The lowest BCUT2D eigenvalue weighted by atomic mass is 10.0. The number of halogens is 1. The zero-order valence-electron chi connectivity index (χ0n) is 16.3. The van der Waals surface area contributed by atoms with Crippen LogP contribution in [0.3, 0.4) is 0 Å². The standard InChI is InChI=1S/C21H27N3O.ClH/c1-23-13-15-24(16-14-23)17-21(22-25)20-11-9-19(10-12-20)8-7-18-5-3-2-4-6-18;/h2-6,9-12,25H,7-8,13-17H2,1H3;1H/b22-21+;. The molecule has 1 heterocycles. The summed E-state index contributed by atoms with van der Waals surface area (Å²) >= 11 is 0. The number of hydrogen-bond acceptors (Lipinski definition) is 4. The van der Waals surface area contributed by atoms with Crippen molar-refractivity contribution in [2.24, 2.45) is 5.16 Å². The third-order valence-corrected chi connectivity index (χ3v) is 4.92. The second-order valence-electron chi connectivity index (χ2n) is 6.81. The van der Waals surface area contributed by atoms with Gasteiger partial charge in [0.15, 0.2) is 0 Å². The first-order valence-corrected chi connectivity index (χ1v) is 8.99. The van der Waals surface area contributed by atoms with E-state index >= 15 is 0 Å². The summed E-state index contributed by atoms with van der Waals surface area (Å²) in [5.41, 5.74) is 4.42. The predicted molar refractivity (Wildman–Crippen MR) is 104 cm³/mol. The molecule has 0 bridgehead atoms. The van der Waals surface area contributed by atoms with Gasteiger partial charge in [0.2, 0.25) is 0 Å². The van der Waals surface area contributed by atoms with Gasteiger partial charge in [0.1, 0.15) is 5.71 Å². The average molecular weight is 374 g/mol. The summed E-state index contributed by atoms with van der Waals surface area (Å²) in [5, 5.41) is 13.0. The van der Waals surface area contributed by atoms with Gasteiger partial charge in [-0.2, -0.15) is 0 Å². The Balaban J connectivity index is 0.00000182. The fourth-order valence-corrected chi connectivity index (χ4v) is 3.20. The van der Waals surface area contributed by atoms with Crippen LogP contribution in [-0.2, 0) is 12.8 Å². The number of benzene rings is 2. The molecule has 26 heavy (non-hydrogen) atoms. The molecule has 4 nitrogen and oxygen atoms in total. The molecular formula is C21H28ClN3O. The van der Waals surface area contributed by atoms with Crippen LogP contribution in [0.5, 0.6) is 0 Å². The molecule has 5 heteroatoms. The minimum atomic E-state index is 0. The van der Waals surface area contributed by atoms with E-state index in [2.05, 4.69) is 76.6 Å². The summed E-state index contributed by atoms with van der Waals surface area (Å²) in [5.74, 6) is 0. The molecule has 140 valence electrons. The third-order valence-electron chi connectivity index (χ3n) is 4.92.